The van der Waals surface area contributed by atoms with Crippen molar-refractivity contribution in [1.82, 2.24) is 19.6 Å². The molecule has 0 bridgehead atoms. The number of aromatic nitrogens is 4. The van der Waals surface area contributed by atoms with Gasteiger partial charge in [0, 0.05) is 38.8 Å². The third kappa shape index (κ3) is 6.76. The molecule has 4 heteroatoms. The predicted molar refractivity (Wildman–Crippen MR) is 252 cm³/mol. The molecule has 0 aliphatic rings. The van der Waals surface area contributed by atoms with Gasteiger partial charge in [0.2, 0.25) is 0 Å². The monoisotopic (exact) mass is 778 g/mol. The fourth-order valence-electron chi connectivity index (χ4n) is 8.50. The van der Waals surface area contributed by atoms with Crippen molar-refractivity contribution in [1.29, 1.82) is 0 Å². The summed E-state index contributed by atoms with van der Waals surface area (Å²) in [6.45, 7) is 0. The van der Waals surface area contributed by atoms with Crippen LogP contribution < -0.4 is 0 Å². The van der Waals surface area contributed by atoms with E-state index in [4.69, 9.17) is 15.1 Å². The van der Waals surface area contributed by atoms with Crippen LogP contribution in [0.4, 0.5) is 0 Å². The Morgan fingerprint density at radius 1 is 0.311 bits per heavy atom. The minimum Gasteiger partial charge on any atom is -0.231 e. The van der Waals surface area contributed by atoms with E-state index in [0.29, 0.717) is 5.82 Å². The lowest BCUT2D eigenvalue weighted by Gasteiger charge is -2.15. The van der Waals surface area contributed by atoms with Crippen molar-refractivity contribution >= 4 is 16.3 Å². The lowest BCUT2D eigenvalue weighted by molar-refractivity contribution is 0.979. The van der Waals surface area contributed by atoms with Crippen LogP contribution in [0.15, 0.2) is 231 Å². The number of benzene rings is 8. The molecular formula is C57H38N4. The molecule has 0 saturated heterocycles. The summed E-state index contributed by atoms with van der Waals surface area (Å²) in [5, 5.41) is 7.71. The molecule has 3 aromatic heterocycles. The molecule has 0 N–H and O–H groups in total. The first-order valence-electron chi connectivity index (χ1n) is 20.6. The quantitative estimate of drug-likeness (QED) is 0.154. The van der Waals surface area contributed by atoms with Gasteiger partial charge < -0.3 is 0 Å². The van der Waals surface area contributed by atoms with Crippen molar-refractivity contribution in [2.24, 2.45) is 0 Å². The van der Waals surface area contributed by atoms with Crippen LogP contribution in [0.2, 0.25) is 0 Å². The first-order valence-corrected chi connectivity index (χ1v) is 20.6. The van der Waals surface area contributed by atoms with Crippen molar-refractivity contribution in [3.05, 3.63) is 231 Å². The molecule has 0 radical (unpaired) electrons. The van der Waals surface area contributed by atoms with E-state index in [-0.39, 0.29) is 0 Å². The van der Waals surface area contributed by atoms with Crippen LogP contribution in [0.5, 0.6) is 0 Å². The SMILES string of the molecule is c1ccc(-c2cccc(-c3cc(-c4cccc(-c5cccc6c5cc(-c5ccccc5)n5nc(-c7ccccc7)c(-c7ccccc7)c65)c4)nc(-c4ccccc4)n3)c2)cc1. The van der Waals surface area contributed by atoms with Crippen molar-refractivity contribution in [3.8, 4) is 89.8 Å². The first kappa shape index (κ1) is 35.9. The summed E-state index contributed by atoms with van der Waals surface area (Å²) in [5.41, 5.74) is 16.7. The van der Waals surface area contributed by atoms with Gasteiger partial charge in [-0.1, -0.05) is 206 Å². The maximum absolute atomic E-state index is 5.43. The summed E-state index contributed by atoms with van der Waals surface area (Å²) in [7, 11) is 0. The highest BCUT2D eigenvalue weighted by Gasteiger charge is 2.23. The number of hydrogen-bond donors (Lipinski definition) is 0. The lowest BCUT2D eigenvalue weighted by Crippen LogP contribution is -1.97. The minimum absolute atomic E-state index is 0.687. The molecule has 0 spiro atoms. The highest BCUT2D eigenvalue weighted by atomic mass is 15.2. The molecule has 0 amide bonds. The second kappa shape index (κ2) is 15.5. The van der Waals surface area contributed by atoms with E-state index < -0.39 is 0 Å². The molecule has 61 heavy (non-hydrogen) atoms. The molecule has 0 aliphatic carbocycles. The van der Waals surface area contributed by atoms with Crippen molar-refractivity contribution in [3.63, 3.8) is 0 Å². The van der Waals surface area contributed by atoms with Gasteiger partial charge in [-0.2, -0.15) is 5.10 Å². The maximum atomic E-state index is 5.43. The van der Waals surface area contributed by atoms with E-state index in [9.17, 15) is 0 Å². The van der Waals surface area contributed by atoms with Crippen LogP contribution in [0.25, 0.3) is 106 Å². The van der Waals surface area contributed by atoms with E-state index >= 15 is 0 Å². The zero-order valence-corrected chi connectivity index (χ0v) is 33.2. The van der Waals surface area contributed by atoms with Gasteiger partial charge in [-0.15, -0.1) is 0 Å². The minimum atomic E-state index is 0.687. The van der Waals surface area contributed by atoms with E-state index in [2.05, 4.69) is 211 Å². The van der Waals surface area contributed by atoms with E-state index in [0.717, 1.165) is 94.7 Å². The molecule has 8 aromatic carbocycles. The summed E-state index contributed by atoms with van der Waals surface area (Å²) in [4.78, 5) is 10.4. The molecule has 4 nitrogen and oxygen atoms in total. The van der Waals surface area contributed by atoms with Gasteiger partial charge >= 0.3 is 0 Å². The van der Waals surface area contributed by atoms with Gasteiger partial charge in [0.15, 0.2) is 5.82 Å². The number of fused-ring (bicyclic) bond motifs is 3. The van der Waals surface area contributed by atoms with Gasteiger partial charge in [-0.25, -0.2) is 14.5 Å². The molecule has 11 rings (SSSR count). The molecule has 0 fully saturated rings. The van der Waals surface area contributed by atoms with Crippen molar-refractivity contribution < 1.29 is 0 Å². The first-order chi connectivity index (χ1) is 30.2. The lowest BCUT2D eigenvalue weighted by atomic mass is 9.92. The highest BCUT2D eigenvalue weighted by molar-refractivity contribution is 6.12. The fraction of sp³-hybridized carbons (Fsp3) is 0. The second-order valence-corrected chi connectivity index (χ2v) is 15.2. The predicted octanol–water partition coefficient (Wildman–Crippen LogP) is 14.6. The smallest absolute Gasteiger partial charge is 0.160 e. The zero-order valence-electron chi connectivity index (χ0n) is 33.2. The highest BCUT2D eigenvalue weighted by Crippen LogP contribution is 2.43. The van der Waals surface area contributed by atoms with Crippen molar-refractivity contribution in [2.45, 2.75) is 0 Å². The summed E-state index contributed by atoms with van der Waals surface area (Å²) in [6, 6.07) is 81.0. The third-order valence-corrected chi connectivity index (χ3v) is 11.4. The molecular weight excluding hydrogens is 741 g/mol. The van der Waals surface area contributed by atoms with E-state index in [1.54, 1.807) is 0 Å². The number of hydrogen-bond acceptors (Lipinski definition) is 3. The Labute approximate surface area is 354 Å². The summed E-state index contributed by atoms with van der Waals surface area (Å²) in [6.07, 6.45) is 0. The third-order valence-electron chi connectivity index (χ3n) is 11.4. The molecule has 3 heterocycles. The Balaban J connectivity index is 1.12. The molecule has 0 atom stereocenters. The zero-order chi connectivity index (χ0) is 40.5. The Bertz CT molecular complexity index is 3320. The van der Waals surface area contributed by atoms with Gasteiger partial charge in [-0.05, 0) is 57.5 Å². The largest absolute Gasteiger partial charge is 0.231 e. The number of pyridine rings is 1. The fourth-order valence-corrected chi connectivity index (χ4v) is 8.50. The van der Waals surface area contributed by atoms with Crippen LogP contribution in [0.1, 0.15) is 0 Å². The van der Waals surface area contributed by atoms with E-state index in [1.807, 2.05) is 24.3 Å². The van der Waals surface area contributed by atoms with Gasteiger partial charge in [0.1, 0.15) is 5.69 Å². The molecule has 286 valence electrons. The Hall–Kier alpha value is -8.21. The standard InChI is InChI=1S/C57H38N4/c1-6-19-39(20-7-1)44-29-16-31-46(35-44)51-38-52(59-57(58-51)43-27-14-5-15-28-43)47-32-17-30-45(36-47)48-33-18-34-49-50(48)37-53(40-21-8-2-9-22-40)61-56(49)54(41-23-10-3-11-24-41)55(60-61)42-25-12-4-13-26-42/h1-38H. The van der Waals surface area contributed by atoms with Crippen molar-refractivity contribution in [2.75, 3.05) is 0 Å². The van der Waals surface area contributed by atoms with E-state index in [1.165, 1.54) is 5.56 Å². The summed E-state index contributed by atoms with van der Waals surface area (Å²) < 4.78 is 2.16. The average molecular weight is 779 g/mol. The summed E-state index contributed by atoms with van der Waals surface area (Å²) in [5.74, 6) is 0.687. The Kier molecular flexibility index (Phi) is 9.14. The number of nitrogens with zero attached hydrogens (tertiary/aromatic N) is 4. The topological polar surface area (TPSA) is 43.1 Å². The van der Waals surface area contributed by atoms with Crippen LogP contribution in [0.3, 0.4) is 0 Å². The molecule has 0 saturated carbocycles. The molecule has 0 unspecified atom stereocenters. The van der Waals surface area contributed by atoms with Gasteiger partial charge in [0.05, 0.1) is 22.6 Å². The second-order valence-electron chi connectivity index (χ2n) is 15.2. The maximum Gasteiger partial charge on any atom is 0.160 e. The van der Waals surface area contributed by atoms with Crippen LogP contribution >= 0.6 is 0 Å². The molecule has 11 aromatic rings. The van der Waals surface area contributed by atoms with Crippen LogP contribution in [-0.4, -0.2) is 19.6 Å². The Morgan fingerprint density at radius 3 is 1.41 bits per heavy atom. The number of rotatable bonds is 8. The van der Waals surface area contributed by atoms with Gasteiger partial charge in [0.25, 0.3) is 0 Å². The normalized spacial score (nSPS) is 11.3. The average Bonchev–Trinajstić information content (AvgIpc) is 3.76. The summed E-state index contributed by atoms with van der Waals surface area (Å²) >= 11 is 0. The van der Waals surface area contributed by atoms with Crippen LogP contribution in [-0.2, 0) is 0 Å². The Morgan fingerprint density at radius 2 is 0.787 bits per heavy atom. The molecule has 0 aliphatic heterocycles. The van der Waals surface area contributed by atoms with Crippen LogP contribution in [0, 0.1) is 0 Å². The van der Waals surface area contributed by atoms with Gasteiger partial charge in [-0.3, -0.25) is 0 Å².